The number of para-hydroxylation sites is 1. The van der Waals surface area contributed by atoms with Crippen molar-refractivity contribution in [3.8, 4) is 0 Å². The van der Waals surface area contributed by atoms with E-state index in [2.05, 4.69) is 54.0 Å². The van der Waals surface area contributed by atoms with Crippen LogP contribution in [0.15, 0.2) is 65.3 Å². The minimum absolute atomic E-state index is 0.00263. The first-order chi connectivity index (χ1) is 14.2. The molecule has 0 spiro atoms. The quantitative estimate of drug-likeness (QED) is 0.584. The lowest BCUT2D eigenvalue weighted by Gasteiger charge is -2.31. The Hall–Kier alpha value is -3.05. The Morgan fingerprint density at radius 2 is 1.79 bits per heavy atom. The van der Waals surface area contributed by atoms with E-state index in [0.717, 1.165) is 39.3 Å². The Bertz CT molecular complexity index is 1150. The molecule has 0 radical (unpaired) electrons. The number of aryl methyl sites for hydroxylation is 1. The Balaban J connectivity index is 1.32. The van der Waals surface area contributed by atoms with Gasteiger partial charge in [0.2, 0.25) is 0 Å². The first-order valence-electron chi connectivity index (χ1n) is 10.4. The van der Waals surface area contributed by atoms with Gasteiger partial charge in [-0.1, -0.05) is 24.3 Å². The zero-order valence-corrected chi connectivity index (χ0v) is 16.7. The van der Waals surface area contributed by atoms with Crippen molar-refractivity contribution in [3.05, 3.63) is 72.2 Å². The standard InChI is InChI=1S/C24H25N3O2/c1-2-27-21-7-4-3-6-19(21)20-16-18(9-10-22(20)27)17-25-11-13-26(14-12-25)24(28)23-8-5-15-29-23/h3-10,15-16H,2,11-14,17H2,1H3/p+1. The number of hydrogen-bond donors (Lipinski definition) is 1. The minimum Gasteiger partial charge on any atom is -0.459 e. The van der Waals surface area contributed by atoms with Crippen LogP contribution in [0, 0.1) is 0 Å². The molecule has 0 unspecified atom stereocenters. The molecular formula is C24H26N3O2+. The van der Waals surface area contributed by atoms with Crippen molar-refractivity contribution in [1.82, 2.24) is 9.47 Å². The molecule has 1 aliphatic heterocycles. The number of carbonyl (C=O) groups is 1. The summed E-state index contributed by atoms with van der Waals surface area (Å²) in [5, 5.41) is 2.67. The van der Waals surface area contributed by atoms with E-state index in [-0.39, 0.29) is 5.91 Å². The third-order valence-electron chi connectivity index (χ3n) is 6.10. The van der Waals surface area contributed by atoms with Gasteiger partial charge in [-0.2, -0.15) is 0 Å². The molecule has 1 N–H and O–H groups in total. The summed E-state index contributed by atoms with van der Waals surface area (Å²) in [4.78, 5) is 15.9. The van der Waals surface area contributed by atoms with Gasteiger partial charge in [0.05, 0.1) is 32.4 Å². The van der Waals surface area contributed by atoms with Crippen molar-refractivity contribution in [2.24, 2.45) is 0 Å². The first-order valence-corrected chi connectivity index (χ1v) is 10.4. The summed E-state index contributed by atoms with van der Waals surface area (Å²) >= 11 is 0. The smallest absolute Gasteiger partial charge is 0.289 e. The van der Waals surface area contributed by atoms with Crippen molar-refractivity contribution < 1.29 is 14.1 Å². The molecule has 4 aromatic rings. The van der Waals surface area contributed by atoms with E-state index in [1.54, 1.807) is 18.4 Å². The van der Waals surface area contributed by atoms with Crippen LogP contribution >= 0.6 is 0 Å². The first kappa shape index (κ1) is 18.0. The van der Waals surface area contributed by atoms with Crippen LogP contribution in [0.1, 0.15) is 23.0 Å². The largest absolute Gasteiger partial charge is 0.459 e. The molecule has 0 bridgehead atoms. The fourth-order valence-electron chi connectivity index (χ4n) is 4.60. The lowest BCUT2D eigenvalue weighted by Crippen LogP contribution is -3.13. The number of nitrogens with one attached hydrogen (secondary N) is 1. The number of piperazine rings is 1. The van der Waals surface area contributed by atoms with Crippen LogP contribution in [0.2, 0.25) is 0 Å². The van der Waals surface area contributed by atoms with Gasteiger partial charge < -0.3 is 18.8 Å². The predicted molar refractivity (Wildman–Crippen MR) is 114 cm³/mol. The number of nitrogens with zero attached hydrogens (tertiary/aromatic N) is 2. The normalized spacial score (nSPS) is 15.4. The number of furan rings is 1. The number of fused-ring (bicyclic) bond motifs is 3. The maximum absolute atomic E-state index is 12.4. The highest BCUT2D eigenvalue weighted by Crippen LogP contribution is 2.29. The zero-order valence-electron chi connectivity index (χ0n) is 16.7. The molecule has 148 valence electrons. The van der Waals surface area contributed by atoms with Gasteiger partial charge in [0, 0.05) is 33.9 Å². The number of rotatable bonds is 4. The van der Waals surface area contributed by atoms with Crippen LogP contribution in [0.4, 0.5) is 0 Å². The number of benzene rings is 2. The third-order valence-corrected chi connectivity index (χ3v) is 6.10. The number of hydrogen-bond acceptors (Lipinski definition) is 2. The van der Waals surface area contributed by atoms with Crippen LogP contribution in [0.25, 0.3) is 21.8 Å². The van der Waals surface area contributed by atoms with Gasteiger partial charge in [0.1, 0.15) is 6.54 Å². The third kappa shape index (κ3) is 3.21. The maximum Gasteiger partial charge on any atom is 0.289 e. The summed E-state index contributed by atoms with van der Waals surface area (Å²) in [6.07, 6.45) is 1.56. The summed E-state index contributed by atoms with van der Waals surface area (Å²) in [5.74, 6) is 0.439. The molecule has 0 atom stereocenters. The Morgan fingerprint density at radius 1 is 1.00 bits per heavy atom. The Kier molecular flexibility index (Phi) is 4.60. The van der Waals surface area contributed by atoms with E-state index in [1.807, 2.05) is 4.90 Å². The lowest BCUT2D eigenvalue weighted by molar-refractivity contribution is -0.917. The highest BCUT2D eigenvalue weighted by atomic mass is 16.3. The summed E-state index contributed by atoms with van der Waals surface area (Å²) in [7, 11) is 0. The summed E-state index contributed by atoms with van der Waals surface area (Å²) in [6, 6.07) is 19.1. The SMILES string of the molecule is CCn1c2ccccc2c2cc(C[NH+]3CCN(C(=O)c4ccco4)CC3)ccc21. The lowest BCUT2D eigenvalue weighted by atomic mass is 10.1. The van der Waals surface area contributed by atoms with Crippen molar-refractivity contribution in [2.45, 2.75) is 20.0 Å². The molecule has 29 heavy (non-hydrogen) atoms. The highest BCUT2D eigenvalue weighted by molar-refractivity contribution is 6.08. The zero-order chi connectivity index (χ0) is 19.8. The molecule has 2 aromatic carbocycles. The van der Waals surface area contributed by atoms with Gasteiger partial charge in [0.25, 0.3) is 5.91 Å². The number of aromatic nitrogens is 1. The van der Waals surface area contributed by atoms with Gasteiger partial charge >= 0.3 is 0 Å². The van der Waals surface area contributed by atoms with Crippen molar-refractivity contribution in [2.75, 3.05) is 26.2 Å². The fraction of sp³-hybridized carbons (Fsp3) is 0.292. The van der Waals surface area contributed by atoms with Crippen LogP contribution in [-0.2, 0) is 13.1 Å². The molecule has 5 heteroatoms. The molecule has 1 fully saturated rings. The average Bonchev–Trinajstić information content (AvgIpc) is 3.40. The number of quaternary nitrogens is 1. The molecule has 3 heterocycles. The van der Waals surface area contributed by atoms with E-state index >= 15 is 0 Å². The molecule has 0 aliphatic carbocycles. The Labute approximate surface area is 170 Å². The summed E-state index contributed by atoms with van der Waals surface area (Å²) < 4.78 is 7.65. The van der Waals surface area contributed by atoms with E-state index in [1.165, 1.54) is 32.3 Å². The monoisotopic (exact) mass is 388 g/mol. The van der Waals surface area contributed by atoms with Gasteiger partial charge in [-0.3, -0.25) is 4.79 Å². The molecule has 0 saturated carbocycles. The van der Waals surface area contributed by atoms with Crippen LogP contribution in [0.5, 0.6) is 0 Å². The highest BCUT2D eigenvalue weighted by Gasteiger charge is 2.26. The summed E-state index contributed by atoms with van der Waals surface area (Å²) in [5.41, 5.74) is 3.97. The maximum atomic E-state index is 12.4. The molecule has 5 nitrogen and oxygen atoms in total. The topological polar surface area (TPSA) is 42.8 Å². The van der Waals surface area contributed by atoms with Gasteiger partial charge in [-0.05, 0) is 37.3 Å². The molecular weight excluding hydrogens is 362 g/mol. The van der Waals surface area contributed by atoms with E-state index < -0.39 is 0 Å². The second-order valence-electron chi connectivity index (χ2n) is 7.81. The molecule has 2 aromatic heterocycles. The van der Waals surface area contributed by atoms with E-state index in [4.69, 9.17) is 4.42 Å². The summed E-state index contributed by atoms with van der Waals surface area (Å²) in [6.45, 7) is 7.62. The Morgan fingerprint density at radius 3 is 2.55 bits per heavy atom. The second-order valence-corrected chi connectivity index (χ2v) is 7.81. The van der Waals surface area contributed by atoms with Crippen LogP contribution in [0.3, 0.4) is 0 Å². The fourth-order valence-corrected chi connectivity index (χ4v) is 4.60. The second kappa shape index (κ2) is 7.41. The van der Waals surface area contributed by atoms with Gasteiger partial charge in [-0.25, -0.2) is 0 Å². The molecule has 1 saturated heterocycles. The average molecular weight is 388 g/mol. The van der Waals surface area contributed by atoms with Gasteiger partial charge in [-0.15, -0.1) is 0 Å². The van der Waals surface area contributed by atoms with Crippen LogP contribution in [-0.4, -0.2) is 41.6 Å². The van der Waals surface area contributed by atoms with Crippen LogP contribution < -0.4 is 4.90 Å². The van der Waals surface area contributed by atoms with Crippen molar-refractivity contribution in [3.63, 3.8) is 0 Å². The van der Waals surface area contributed by atoms with Crippen molar-refractivity contribution >= 4 is 27.7 Å². The number of amides is 1. The molecule has 1 aliphatic rings. The predicted octanol–water partition coefficient (Wildman–Crippen LogP) is 2.95. The molecule has 1 amide bonds. The van der Waals surface area contributed by atoms with E-state index in [0.29, 0.717) is 5.76 Å². The molecule has 5 rings (SSSR count). The number of carbonyl (C=O) groups excluding carboxylic acids is 1. The minimum atomic E-state index is 0.00263. The van der Waals surface area contributed by atoms with Crippen molar-refractivity contribution in [1.29, 1.82) is 0 Å². The van der Waals surface area contributed by atoms with Gasteiger partial charge in [0.15, 0.2) is 5.76 Å². The van der Waals surface area contributed by atoms with E-state index in [9.17, 15) is 4.79 Å².